The molecule has 2 atom stereocenters. The van der Waals surface area contributed by atoms with Crippen molar-refractivity contribution < 1.29 is 28.7 Å². The van der Waals surface area contributed by atoms with Crippen LogP contribution in [0, 0.1) is 5.92 Å². The van der Waals surface area contributed by atoms with Gasteiger partial charge in [0.15, 0.2) is 12.0 Å². The molecule has 2 rings (SSSR count). The van der Waals surface area contributed by atoms with E-state index in [4.69, 9.17) is 19.1 Å². The molecule has 2 unspecified atom stereocenters. The first-order chi connectivity index (χ1) is 9.93. The molecule has 0 bridgehead atoms. The number of carbonyl (C=O) groups is 2. The fourth-order valence-corrected chi connectivity index (χ4v) is 2.16. The Morgan fingerprint density at radius 2 is 2.24 bits per heavy atom. The largest absolute Gasteiger partial charge is 0.468 e. The summed E-state index contributed by atoms with van der Waals surface area (Å²) in [6.45, 7) is 4.16. The second-order valence-electron chi connectivity index (χ2n) is 5.15. The average molecular weight is 298 g/mol. The first-order valence-electron chi connectivity index (χ1n) is 6.64. The van der Waals surface area contributed by atoms with Crippen molar-refractivity contribution in [2.24, 2.45) is 5.92 Å². The molecule has 1 aliphatic rings. The van der Waals surface area contributed by atoms with Gasteiger partial charge in [-0.15, -0.1) is 0 Å². The average Bonchev–Trinajstić information content (AvgIpc) is 2.81. The van der Waals surface area contributed by atoms with Crippen molar-refractivity contribution in [3.05, 3.63) is 11.8 Å². The standard InChI is InChI=1S/C13H18N2O6/c1-7(2)11(12(16)19-3)8-6-9(14-21-8)20-10-4-5-15(10)13(17)18/h6-7,10-11H,4-5H2,1-3H3,(H,17,18). The van der Waals surface area contributed by atoms with Gasteiger partial charge in [-0.2, -0.15) is 0 Å². The van der Waals surface area contributed by atoms with Gasteiger partial charge in [0.1, 0.15) is 5.92 Å². The number of ether oxygens (including phenoxy) is 2. The van der Waals surface area contributed by atoms with Crippen LogP contribution < -0.4 is 4.74 Å². The number of carbonyl (C=O) groups excluding carboxylic acids is 1. The Balaban J connectivity index is 2.07. The Morgan fingerprint density at radius 3 is 2.71 bits per heavy atom. The van der Waals surface area contributed by atoms with E-state index in [2.05, 4.69) is 5.16 Å². The Labute approximate surface area is 121 Å². The van der Waals surface area contributed by atoms with Gasteiger partial charge in [-0.05, 0) is 11.1 Å². The van der Waals surface area contributed by atoms with Gasteiger partial charge in [-0.25, -0.2) is 4.79 Å². The first-order valence-corrected chi connectivity index (χ1v) is 6.64. The predicted octanol–water partition coefficient (Wildman–Crippen LogP) is 1.68. The summed E-state index contributed by atoms with van der Waals surface area (Å²) in [6, 6.07) is 1.50. The molecule has 8 nitrogen and oxygen atoms in total. The van der Waals surface area contributed by atoms with E-state index in [-0.39, 0.29) is 11.8 Å². The van der Waals surface area contributed by atoms with Crippen molar-refractivity contribution in [3.63, 3.8) is 0 Å². The van der Waals surface area contributed by atoms with E-state index in [1.54, 1.807) is 0 Å². The zero-order chi connectivity index (χ0) is 15.6. The number of nitrogens with zero attached hydrogens (tertiary/aromatic N) is 2. The number of likely N-dealkylation sites (tertiary alicyclic amines) is 1. The van der Waals surface area contributed by atoms with Crippen LogP contribution in [-0.4, -0.2) is 47.1 Å². The molecule has 1 N–H and O–H groups in total. The van der Waals surface area contributed by atoms with E-state index in [9.17, 15) is 9.59 Å². The summed E-state index contributed by atoms with van der Waals surface area (Å²) in [6.07, 6.45) is -1.00. The van der Waals surface area contributed by atoms with E-state index < -0.39 is 24.2 Å². The Kier molecular flexibility index (Phi) is 4.35. The lowest BCUT2D eigenvalue weighted by Gasteiger charge is -2.37. The van der Waals surface area contributed by atoms with Crippen molar-refractivity contribution in [1.29, 1.82) is 0 Å². The molecular weight excluding hydrogens is 280 g/mol. The molecule has 0 spiro atoms. The smallest absolute Gasteiger partial charge is 0.410 e. The number of hydrogen-bond donors (Lipinski definition) is 1. The van der Waals surface area contributed by atoms with Crippen LogP contribution in [0.15, 0.2) is 10.6 Å². The van der Waals surface area contributed by atoms with Crippen molar-refractivity contribution in [2.45, 2.75) is 32.4 Å². The van der Waals surface area contributed by atoms with E-state index in [1.807, 2.05) is 13.8 Å². The van der Waals surface area contributed by atoms with Crippen LogP contribution in [0.3, 0.4) is 0 Å². The number of rotatable bonds is 5. The summed E-state index contributed by atoms with van der Waals surface area (Å²) in [4.78, 5) is 23.8. The van der Waals surface area contributed by atoms with Gasteiger partial charge >= 0.3 is 12.1 Å². The molecule has 116 valence electrons. The number of hydrogen-bond acceptors (Lipinski definition) is 6. The first kappa shape index (κ1) is 15.1. The summed E-state index contributed by atoms with van der Waals surface area (Å²) in [5.74, 6) is -0.513. The fraction of sp³-hybridized carbons (Fsp3) is 0.615. The summed E-state index contributed by atoms with van der Waals surface area (Å²) < 4.78 is 15.3. The molecule has 0 radical (unpaired) electrons. The Hall–Kier alpha value is -2.25. The molecule has 1 aromatic rings. The lowest BCUT2D eigenvalue weighted by atomic mass is 9.93. The van der Waals surface area contributed by atoms with Crippen molar-refractivity contribution in [1.82, 2.24) is 10.1 Å². The van der Waals surface area contributed by atoms with Gasteiger partial charge in [0.05, 0.1) is 7.11 Å². The predicted molar refractivity (Wildman–Crippen MR) is 69.9 cm³/mol. The van der Waals surface area contributed by atoms with Gasteiger partial charge in [0.2, 0.25) is 0 Å². The number of aromatic nitrogens is 1. The third-order valence-corrected chi connectivity index (χ3v) is 3.40. The Bertz CT molecular complexity index is 526. The fourth-order valence-electron chi connectivity index (χ4n) is 2.16. The highest BCUT2D eigenvalue weighted by molar-refractivity contribution is 5.77. The quantitative estimate of drug-likeness (QED) is 0.825. The van der Waals surface area contributed by atoms with E-state index >= 15 is 0 Å². The molecule has 1 fully saturated rings. The highest BCUT2D eigenvalue weighted by Gasteiger charge is 2.35. The molecule has 1 amide bonds. The molecule has 1 saturated heterocycles. The molecular formula is C13H18N2O6. The molecule has 0 saturated carbocycles. The van der Waals surface area contributed by atoms with Crippen LogP contribution in [0.1, 0.15) is 31.9 Å². The number of amides is 1. The second-order valence-corrected chi connectivity index (χ2v) is 5.15. The zero-order valence-electron chi connectivity index (χ0n) is 12.1. The lowest BCUT2D eigenvalue weighted by molar-refractivity contribution is -0.144. The zero-order valence-corrected chi connectivity index (χ0v) is 12.1. The van der Waals surface area contributed by atoms with Crippen molar-refractivity contribution in [3.8, 4) is 5.88 Å². The maximum Gasteiger partial charge on any atom is 0.410 e. The summed E-state index contributed by atoms with van der Waals surface area (Å²) in [7, 11) is 1.31. The molecule has 2 heterocycles. The van der Waals surface area contributed by atoms with E-state index in [0.29, 0.717) is 18.7 Å². The monoisotopic (exact) mass is 298 g/mol. The van der Waals surface area contributed by atoms with Gasteiger partial charge in [-0.1, -0.05) is 13.8 Å². The summed E-state index contributed by atoms with van der Waals surface area (Å²) >= 11 is 0. The second kappa shape index (κ2) is 6.02. The lowest BCUT2D eigenvalue weighted by Crippen LogP contribution is -2.53. The molecule has 8 heteroatoms. The van der Waals surface area contributed by atoms with Crippen LogP contribution in [0.4, 0.5) is 4.79 Å². The van der Waals surface area contributed by atoms with Gasteiger partial charge in [-0.3, -0.25) is 9.69 Å². The minimum atomic E-state index is -1.04. The van der Waals surface area contributed by atoms with Gasteiger partial charge < -0.3 is 19.1 Å². The Morgan fingerprint density at radius 1 is 1.52 bits per heavy atom. The number of methoxy groups -OCH3 is 1. The number of carboxylic acid groups (broad SMARTS) is 1. The third kappa shape index (κ3) is 3.09. The highest BCUT2D eigenvalue weighted by Crippen LogP contribution is 2.30. The van der Waals surface area contributed by atoms with Crippen LogP contribution >= 0.6 is 0 Å². The third-order valence-electron chi connectivity index (χ3n) is 3.40. The van der Waals surface area contributed by atoms with Crippen LogP contribution in [-0.2, 0) is 9.53 Å². The molecule has 0 aliphatic carbocycles. The van der Waals surface area contributed by atoms with E-state index in [1.165, 1.54) is 13.2 Å². The minimum absolute atomic E-state index is 0.0301. The van der Waals surface area contributed by atoms with Gasteiger partial charge in [0, 0.05) is 19.0 Å². The molecule has 1 aliphatic heterocycles. The SMILES string of the molecule is COC(=O)C(c1cc(OC2CCN2C(=O)O)no1)C(C)C. The summed E-state index contributed by atoms with van der Waals surface area (Å²) in [5, 5.41) is 12.6. The maximum absolute atomic E-state index is 11.8. The minimum Gasteiger partial charge on any atom is -0.468 e. The maximum atomic E-state index is 11.8. The topological polar surface area (TPSA) is 102 Å². The molecule has 0 aromatic carbocycles. The van der Waals surface area contributed by atoms with Crippen molar-refractivity contribution >= 4 is 12.1 Å². The molecule has 21 heavy (non-hydrogen) atoms. The van der Waals surface area contributed by atoms with E-state index in [0.717, 1.165) is 4.90 Å². The van der Waals surface area contributed by atoms with Crippen LogP contribution in [0.25, 0.3) is 0 Å². The summed E-state index contributed by atoms with van der Waals surface area (Å²) in [5.41, 5.74) is 0. The van der Waals surface area contributed by atoms with Crippen LogP contribution in [0.5, 0.6) is 5.88 Å². The van der Waals surface area contributed by atoms with Gasteiger partial charge in [0.25, 0.3) is 5.88 Å². The normalized spacial score (nSPS) is 19.0. The molecule has 1 aromatic heterocycles. The number of esters is 1. The highest BCUT2D eigenvalue weighted by atomic mass is 16.6. The van der Waals surface area contributed by atoms with Crippen molar-refractivity contribution in [2.75, 3.05) is 13.7 Å². The van der Waals surface area contributed by atoms with Crippen LogP contribution in [0.2, 0.25) is 0 Å².